The van der Waals surface area contributed by atoms with Gasteiger partial charge >= 0.3 is 0 Å². The van der Waals surface area contributed by atoms with Crippen LogP contribution in [0.1, 0.15) is 13.3 Å². The molecule has 0 saturated heterocycles. The van der Waals surface area contributed by atoms with Crippen molar-refractivity contribution in [2.45, 2.75) is 13.3 Å². The molecule has 4 heteroatoms. The lowest BCUT2D eigenvalue weighted by Gasteiger charge is -2.10. The Hall–Kier alpha value is -0.380. The van der Waals surface area contributed by atoms with E-state index in [0.29, 0.717) is 0 Å². The van der Waals surface area contributed by atoms with Crippen LogP contribution in [0.4, 0.5) is 0 Å². The molecule has 0 rings (SSSR count). The number of nitrogens with two attached hydrogens (primary N) is 1. The zero-order chi connectivity index (χ0) is 8.69. The minimum atomic E-state index is 0.745. The molecular formula is C7H16BrN3. The average molecular weight is 222 g/mol. The Labute approximate surface area is 76.5 Å². The number of rotatable bonds is 5. The molecule has 4 N–H and O–H groups in total. The van der Waals surface area contributed by atoms with Crippen LogP contribution in [0.2, 0.25) is 0 Å². The van der Waals surface area contributed by atoms with Gasteiger partial charge in [0.25, 0.3) is 0 Å². The number of allylic oxidation sites excluding steroid dienone is 1. The number of halogens is 1. The van der Waals surface area contributed by atoms with Gasteiger partial charge in [0.1, 0.15) is 5.82 Å². The van der Waals surface area contributed by atoms with Gasteiger partial charge in [-0.3, -0.25) is 0 Å². The first-order valence-electron chi connectivity index (χ1n) is 3.72. The van der Waals surface area contributed by atoms with E-state index in [1.54, 1.807) is 0 Å². The van der Waals surface area contributed by atoms with Gasteiger partial charge in [0, 0.05) is 18.9 Å². The predicted molar refractivity (Wildman–Crippen MR) is 52.4 cm³/mol. The van der Waals surface area contributed by atoms with Crippen LogP contribution in [0.25, 0.3) is 0 Å². The first-order chi connectivity index (χ1) is 5.26. The molecule has 0 spiro atoms. The molecule has 0 atom stereocenters. The molecule has 0 bridgehead atoms. The third kappa shape index (κ3) is 4.14. The fourth-order valence-corrected chi connectivity index (χ4v) is 0.989. The van der Waals surface area contributed by atoms with Crippen LogP contribution in [-0.2, 0) is 0 Å². The lowest BCUT2D eigenvalue weighted by atomic mass is 10.3. The van der Waals surface area contributed by atoms with E-state index in [4.69, 9.17) is 5.73 Å². The van der Waals surface area contributed by atoms with Gasteiger partial charge in [0.15, 0.2) is 0 Å². The van der Waals surface area contributed by atoms with Gasteiger partial charge in [-0.25, -0.2) is 0 Å². The van der Waals surface area contributed by atoms with Gasteiger partial charge in [-0.1, -0.05) is 22.9 Å². The molecule has 0 amide bonds. The van der Waals surface area contributed by atoms with E-state index in [1.807, 2.05) is 7.05 Å². The Morgan fingerprint density at radius 3 is 2.55 bits per heavy atom. The predicted octanol–water partition coefficient (Wildman–Crippen LogP) is 0.728. The first-order valence-corrected chi connectivity index (χ1v) is 4.84. The van der Waals surface area contributed by atoms with E-state index in [2.05, 4.69) is 33.5 Å². The van der Waals surface area contributed by atoms with Crippen molar-refractivity contribution in [3.8, 4) is 0 Å². The molecule has 0 aromatic rings. The van der Waals surface area contributed by atoms with E-state index in [1.165, 1.54) is 0 Å². The van der Waals surface area contributed by atoms with Gasteiger partial charge < -0.3 is 16.4 Å². The van der Waals surface area contributed by atoms with Gasteiger partial charge in [-0.15, -0.1) is 0 Å². The van der Waals surface area contributed by atoms with E-state index in [0.717, 1.165) is 29.8 Å². The molecular weight excluding hydrogens is 206 g/mol. The SMILES string of the molecule is CC/C(NC)=C(\N)NCCBr. The van der Waals surface area contributed by atoms with Crippen LogP contribution in [0.5, 0.6) is 0 Å². The summed E-state index contributed by atoms with van der Waals surface area (Å²) in [7, 11) is 1.88. The summed E-state index contributed by atoms with van der Waals surface area (Å²) in [5, 5.41) is 7.03. The standard InChI is InChI=1S/C7H16BrN3/c1-3-6(10-2)7(9)11-5-4-8/h10-11H,3-5,9H2,1-2H3/b7-6-. The molecule has 0 aliphatic carbocycles. The first kappa shape index (κ1) is 10.6. The third-order valence-corrected chi connectivity index (χ3v) is 1.79. The minimum absolute atomic E-state index is 0.745. The molecule has 0 saturated carbocycles. The molecule has 0 fully saturated rings. The Morgan fingerprint density at radius 1 is 1.55 bits per heavy atom. The maximum absolute atomic E-state index is 5.71. The quantitative estimate of drug-likeness (QED) is 0.601. The molecule has 0 aliphatic rings. The van der Waals surface area contributed by atoms with Crippen LogP contribution < -0.4 is 16.4 Å². The summed E-state index contributed by atoms with van der Waals surface area (Å²) in [5.41, 5.74) is 6.77. The van der Waals surface area contributed by atoms with Crippen molar-refractivity contribution in [3.05, 3.63) is 11.5 Å². The summed E-state index contributed by atoms with van der Waals surface area (Å²) in [6.45, 7) is 2.92. The fourth-order valence-electron chi connectivity index (χ4n) is 0.791. The van der Waals surface area contributed by atoms with Crippen molar-refractivity contribution >= 4 is 15.9 Å². The van der Waals surface area contributed by atoms with Crippen molar-refractivity contribution < 1.29 is 0 Å². The van der Waals surface area contributed by atoms with Gasteiger partial charge in [0.05, 0.1) is 5.70 Å². The molecule has 11 heavy (non-hydrogen) atoms. The van der Waals surface area contributed by atoms with Crippen LogP contribution in [0.3, 0.4) is 0 Å². The summed E-state index contributed by atoms with van der Waals surface area (Å²) < 4.78 is 0. The van der Waals surface area contributed by atoms with E-state index < -0.39 is 0 Å². The van der Waals surface area contributed by atoms with Crippen molar-refractivity contribution in [3.63, 3.8) is 0 Å². The maximum Gasteiger partial charge on any atom is 0.116 e. The van der Waals surface area contributed by atoms with Crippen LogP contribution in [0, 0.1) is 0 Å². The van der Waals surface area contributed by atoms with Crippen molar-refractivity contribution in [1.82, 2.24) is 10.6 Å². The summed E-state index contributed by atoms with van der Waals surface area (Å²) in [6, 6.07) is 0. The molecule has 0 radical (unpaired) electrons. The van der Waals surface area contributed by atoms with Crippen LogP contribution in [0.15, 0.2) is 11.5 Å². The summed E-state index contributed by atoms with van der Waals surface area (Å²) in [4.78, 5) is 0. The highest BCUT2D eigenvalue weighted by atomic mass is 79.9. The third-order valence-electron chi connectivity index (χ3n) is 1.39. The largest absolute Gasteiger partial charge is 0.389 e. The Bertz CT molecular complexity index is 128. The number of alkyl halides is 1. The summed E-state index contributed by atoms with van der Waals surface area (Å²) in [5.74, 6) is 0.745. The van der Waals surface area contributed by atoms with Crippen molar-refractivity contribution in [1.29, 1.82) is 0 Å². The van der Waals surface area contributed by atoms with E-state index in [9.17, 15) is 0 Å². The summed E-state index contributed by atoms with van der Waals surface area (Å²) in [6.07, 6.45) is 0.928. The number of nitrogens with one attached hydrogen (secondary N) is 2. The molecule has 0 unspecified atom stereocenters. The summed E-state index contributed by atoms with van der Waals surface area (Å²) >= 11 is 3.31. The van der Waals surface area contributed by atoms with E-state index in [-0.39, 0.29) is 0 Å². The van der Waals surface area contributed by atoms with E-state index >= 15 is 0 Å². The maximum atomic E-state index is 5.71. The second kappa shape index (κ2) is 6.34. The highest BCUT2D eigenvalue weighted by Crippen LogP contribution is 1.95. The second-order valence-electron chi connectivity index (χ2n) is 2.11. The number of hydrogen-bond donors (Lipinski definition) is 3. The van der Waals surface area contributed by atoms with Gasteiger partial charge in [-0.2, -0.15) is 0 Å². The smallest absolute Gasteiger partial charge is 0.116 e. The Balaban J connectivity index is 3.89. The highest BCUT2D eigenvalue weighted by Gasteiger charge is 1.96. The molecule has 0 aromatic heterocycles. The lowest BCUT2D eigenvalue weighted by Crippen LogP contribution is -2.27. The fraction of sp³-hybridized carbons (Fsp3) is 0.714. The number of hydrogen-bond acceptors (Lipinski definition) is 3. The minimum Gasteiger partial charge on any atom is -0.389 e. The zero-order valence-corrected chi connectivity index (χ0v) is 8.66. The second-order valence-corrected chi connectivity index (χ2v) is 2.90. The van der Waals surface area contributed by atoms with Crippen LogP contribution in [-0.4, -0.2) is 18.9 Å². The Kier molecular flexibility index (Phi) is 6.12. The van der Waals surface area contributed by atoms with Crippen molar-refractivity contribution in [2.75, 3.05) is 18.9 Å². The molecule has 3 nitrogen and oxygen atoms in total. The molecule has 0 heterocycles. The molecule has 66 valence electrons. The van der Waals surface area contributed by atoms with Crippen molar-refractivity contribution in [2.24, 2.45) is 5.73 Å². The molecule has 0 aromatic carbocycles. The van der Waals surface area contributed by atoms with Gasteiger partial charge in [0.2, 0.25) is 0 Å². The van der Waals surface area contributed by atoms with Crippen LogP contribution >= 0.6 is 15.9 Å². The Morgan fingerprint density at radius 2 is 2.18 bits per heavy atom. The average Bonchev–Trinajstić information content (AvgIpc) is 2.03. The zero-order valence-electron chi connectivity index (χ0n) is 7.08. The topological polar surface area (TPSA) is 50.1 Å². The van der Waals surface area contributed by atoms with Gasteiger partial charge in [-0.05, 0) is 6.42 Å². The molecule has 0 aliphatic heterocycles. The lowest BCUT2D eigenvalue weighted by molar-refractivity contribution is 0.773. The highest BCUT2D eigenvalue weighted by molar-refractivity contribution is 9.09. The monoisotopic (exact) mass is 221 g/mol. The normalized spacial score (nSPS) is 12.3.